The van der Waals surface area contributed by atoms with Crippen LogP contribution in [0.5, 0.6) is 0 Å². The van der Waals surface area contributed by atoms with Gasteiger partial charge in [-0.25, -0.2) is 0 Å². The molecule has 0 aromatic heterocycles. The number of fused-ring (bicyclic) bond motifs is 1. The Hall–Kier alpha value is -1.35. The highest BCUT2D eigenvalue weighted by Gasteiger charge is 2.29. The molecule has 1 atom stereocenters. The molecule has 3 nitrogen and oxygen atoms in total. The summed E-state index contributed by atoms with van der Waals surface area (Å²) in [6.45, 7) is 2.49. The van der Waals surface area contributed by atoms with Crippen molar-refractivity contribution >= 4 is 5.91 Å². The van der Waals surface area contributed by atoms with E-state index >= 15 is 0 Å². The number of aliphatic hydroxyl groups is 1. The van der Waals surface area contributed by atoms with Crippen LogP contribution in [0.4, 0.5) is 0 Å². The van der Waals surface area contributed by atoms with Gasteiger partial charge in [-0.05, 0) is 18.6 Å². The normalized spacial score (nSPS) is 17.0. The van der Waals surface area contributed by atoms with Gasteiger partial charge in [0.15, 0.2) is 0 Å². The Labute approximate surface area is 83.0 Å². The van der Waals surface area contributed by atoms with Gasteiger partial charge in [0, 0.05) is 12.1 Å². The van der Waals surface area contributed by atoms with Crippen LogP contribution in [0.3, 0.4) is 0 Å². The second-order valence-electron chi connectivity index (χ2n) is 3.62. The minimum atomic E-state index is -0.102. The topological polar surface area (TPSA) is 40.5 Å². The van der Waals surface area contributed by atoms with Crippen LogP contribution in [-0.4, -0.2) is 28.6 Å². The van der Waals surface area contributed by atoms with E-state index in [1.54, 1.807) is 4.90 Å². The average Bonchev–Trinajstić information content (AvgIpc) is 2.56. The minimum absolute atomic E-state index is 0.0136. The van der Waals surface area contributed by atoms with E-state index in [2.05, 4.69) is 0 Å². The van der Waals surface area contributed by atoms with Gasteiger partial charge in [-0.3, -0.25) is 4.79 Å². The fourth-order valence-corrected chi connectivity index (χ4v) is 1.73. The predicted octanol–water partition coefficient (Wildman–Crippen LogP) is 1.02. The van der Waals surface area contributed by atoms with Crippen molar-refractivity contribution in [3.8, 4) is 0 Å². The van der Waals surface area contributed by atoms with Crippen LogP contribution in [0.25, 0.3) is 0 Å². The molecule has 1 N–H and O–H groups in total. The highest BCUT2D eigenvalue weighted by molar-refractivity contribution is 5.98. The van der Waals surface area contributed by atoms with Crippen molar-refractivity contribution in [1.82, 2.24) is 4.90 Å². The Kier molecular flexibility index (Phi) is 2.25. The zero-order valence-corrected chi connectivity index (χ0v) is 8.10. The van der Waals surface area contributed by atoms with Crippen molar-refractivity contribution < 1.29 is 9.90 Å². The third-order valence-corrected chi connectivity index (χ3v) is 2.65. The summed E-state index contributed by atoms with van der Waals surface area (Å²) in [4.78, 5) is 13.5. The molecule has 0 radical (unpaired) electrons. The van der Waals surface area contributed by atoms with E-state index in [9.17, 15) is 4.79 Å². The molecule has 1 heterocycles. The molecule has 74 valence electrons. The quantitative estimate of drug-likeness (QED) is 0.758. The van der Waals surface area contributed by atoms with Gasteiger partial charge in [0.05, 0.1) is 12.6 Å². The fourth-order valence-electron chi connectivity index (χ4n) is 1.73. The summed E-state index contributed by atoms with van der Waals surface area (Å²) in [6, 6.07) is 7.48. The number of amides is 1. The maximum Gasteiger partial charge on any atom is 0.254 e. The molecular weight excluding hydrogens is 178 g/mol. The molecule has 1 aliphatic rings. The first-order valence-electron chi connectivity index (χ1n) is 4.73. The molecular formula is C11H13NO2. The first-order chi connectivity index (χ1) is 6.74. The molecule has 0 fully saturated rings. The van der Waals surface area contributed by atoms with Gasteiger partial charge in [0.2, 0.25) is 0 Å². The first-order valence-corrected chi connectivity index (χ1v) is 4.73. The standard InChI is InChI=1S/C11H13NO2/c1-8(7-13)12-6-9-4-2-3-5-10(9)11(12)14/h2-5,8,13H,6-7H2,1H3/t8-/m0/s1. The Bertz CT molecular complexity index is 362. The minimum Gasteiger partial charge on any atom is -0.394 e. The van der Waals surface area contributed by atoms with Crippen molar-refractivity contribution in [1.29, 1.82) is 0 Å². The first kappa shape index (κ1) is 9.21. The monoisotopic (exact) mass is 191 g/mol. The number of benzene rings is 1. The molecule has 0 bridgehead atoms. The van der Waals surface area contributed by atoms with E-state index in [0.717, 1.165) is 11.1 Å². The maximum absolute atomic E-state index is 11.8. The SMILES string of the molecule is C[C@@H](CO)N1Cc2ccccc2C1=O. The van der Waals surface area contributed by atoms with Crippen molar-refractivity contribution in [2.45, 2.75) is 19.5 Å². The largest absolute Gasteiger partial charge is 0.394 e. The molecule has 1 aromatic carbocycles. The number of rotatable bonds is 2. The maximum atomic E-state index is 11.8. The van der Waals surface area contributed by atoms with Gasteiger partial charge in [-0.2, -0.15) is 0 Å². The highest BCUT2D eigenvalue weighted by Crippen LogP contribution is 2.23. The number of aliphatic hydroxyl groups excluding tert-OH is 1. The van der Waals surface area contributed by atoms with Crippen molar-refractivity contribution in [2.75, 3.05) is 6.61 Å². The molecule has 0 saturated carbocycles. The number of carbonyl (C=O) groups is 1. The Morgan fingerprint density at radius 1 is 1.50 bits per heavy atom. The molecule has 1 aliphatic heterocycles. The van der Waals surface area contributed by atoms with Crippen LogP contribution < -0.4 is 0 Å². The average molecular weight is 191 g/mol. The van der Waals surface area contributed by atoms with Crippen molar-refractivity contribution in [3.05, 3.63) is 35.4 Å². The van der Waals surface area contributed by atoms with Crippen LogP contribution in [0.15, 0.2) is 24.3 Å². The van der Waals surface area contributed by atoms with Gasteiger partial charge in [-0.1, -0.05) is 18.2 Å². The van der Waals surface area contributed by atoms with E-state index in [1.165, 1.54) is 0 Å². The van der Waals surface area contributed by atoms with E-state index in [0.29, 0.717) is 6.54 Å². The van der Waals surface area contributed by atoms with Gasteiger partial charge in [-0.15, -0.1) is 0 Å². The van der Waals surface area contributed by atoms with E-state index in [1.807, 2.05) is 31.2 Å². The number of hydrogen-bond donors (Lipinski definition) is 1. The molecule has 2 rings (SSSR count). The molecule has 1 amide bonds. The lowest BCUT2D eigenvalue weighted by atomic mass is 10.1. The summed E-state index contributed by atoms with van der Waals surface area (Å²) in [5.41, 5.74) is 1.82. The van der Waals surface area contributed by atoms with Gasteiger partial charge in [0.1, 0.15) is 0 Å². The van der Waals surface area contributed by atoms with Crippen LogP contribution in [0, 0.1) is 0 Å². The fraction of sp³-hybridized carbons (Fsp3) is 0.364. The number of hydrogen-bond acceptors (Lipinski definition) is 2. The van der Waals surface area contributed by atoms with Crippen LogP contribution in [-0.2, 0) is 6.54 Å². The van der Waals surface area contributed by atoms with Crippen LogP contribution >= 0.6 is 0 Å². The molecule has 0 unspecified atom stereocenters. The summed E-state index contributed by atoms with van der Waals surface area (Å²) in [6.07, 6.45) is 0. The molecule has 0 aliphatic carbocycles. The van der Waals surface area contributed by atoms with E-state index < -0.39 is 0 Å². The summed E-state index contributed by atoms with van der Waals surface area (Å²) < 4.78 is 0. The molecule has 14 heavy (non-hydrogen) atoms. The van der Waals surface area contributed by atoms with Gasteiger partial charge >= 0.3 is 0 Å². The molecule has 0 spiro atoms. The summed E-state index contributed by atoms with van der Waals surface area (Å²) >= 11 is 0. The smallest absolute Gasteiger partial charge is 0.254 e. The van der Waals surface area contributed by atoms with E-state index in [-0.39, 0.29) is 18.6 Å². The second-order valence-corrected chi connectivity index (χ2v) is 3.62. The van der Waals surface area contributed by atoms with Crippen molar-refractivity contribution in [3.63, 3.8) is 0 Å². The number of carbonyl (C=O) groups excluding carboxylic acids is 1. The zero-order valence-electron chi connectivity index (χ0n) is 8.10. The van der Waals surface area contributed by atoms with Crippen LogP contribution in [0.1, 0.15) is 22.8 Å². The third-order valence-electron chi connectivity index (χ3n) is 2.65. The van der Waals surface area contributed by atoms with Gasteiger partial charge < -0.3 is 10.0 Å². The molecule has 1 aromatic rings. The lowest BCUT2D eigenvalue weighted by Crippen LogP contribution is -2.35. The third kappa shape index (κ3) is 1.30. The van der Waals surface area contributed by atoms with Gasteiger partial charge in [0.25, 0.3) is 5.91 Å². The van der Waals surface area contributed by atoms with E-state index in [4.69, 9.17) is 5.11 Å². The zero-order chi connectivity index (χ0) is 10.1. The Morgan fingerprint density at radius 3 is 2.86 bits per heavy atom. The summed E-state index contributed by atoms with van der Waals surface area (Å²) in [5, 5.41) is 9.00. The Balaban J connectivity index is 2.30. The lowest BCUT2D eigenvalue weighted by Gasteiger charge is -2.21. The lowest BCUT2D eigenvalue weighted by molar-refractivity contribution is 0.0644. The highest BCUT2D eigenvalue weighted by atomic mass is 16.3. The Morgan fingerprint density at radius 2 is 2.21 bits per heavy atom. The summed E-state index contributed by atoms with van der Waals surface area (Å²) in [7, 11) is 0. The summed E-state index contributed by atoms with van der Waals surface area (Å²) in [5.74, 6) is 0.0298. The predicted molar refractivity (Wildman–Crippen MR) is 52.9 cm³/mol. The molecule has 3 heteroatoms. The van der Waals surface area contributed by atoms with Crippen molar-refractivity contribution in [2.24, 2.45) is 0 Å². The molecule has 0 saturated heterocycles. The number of nitrogens with zero attached hydrogens (tertiary/aromatic N) is 1. The van der Waals surface area contributed by atoms with Crippen LogP contribution in [0.2, 0.25) is 0 Å². The second kappa shape index (κ2) is 3.42.